The van der Waals surface area contributed by atoms with Gasteiger partial charge in [-0.25, -0.2) is 0 Å². The van der Waals surface area contributed by atoms with Gasteiger partial charge in [0.2, 0.25) is 0 Å². The highest BCUT2D eigenvalue weighted by Crippen LogP contribution is 2.43. The van der Waals surface area contributed by atoms with Gasteiger partial charge in [0.25, 0.3) is 5.91 Å². The van der Waals surface area contributed by atoms with E-state index in [0.717, 1.165) is 50.4 Å². The zero-order valence-electron chi connectivity index (χ0n) is 13.7. The molecular formula is C18H22N2OS2. The molecule has 2 aromatic heterocycles. The van der Waals surface area contributed by atoms with Crippen molar-refractivity contribution in [3.63, 3.8) is 0 Å². The average molecular weight is 347 g/mol. The Morgan fingerprint density at radius 2 is 1.91 bits per heavy atom. The number of nitrogens with zero attached hydrogens (tertiary/aromatic N) is 2. The molecule has 3 heterocycles. The van der Waals surface area contributed by atoms with E-state index in [1.54, 1.807) is 11.3 Å². The smallest absolute Gasteiger partial charge is 0.264 e. The first-order chi connectivity index (χ1) is 11.2. The van der Waals surface area contributed by atoms with Gasteiger partial charge in [0.15, 0.2) is 0 Å². The van der Waals surface area contributed by atoms with Crippen molar-refractivity contribution in [3.8, 4) is 10.4 Å². The summed E-state index contributed by atoms with van der Waals surface area (Å²) in [7, 11) is 0. The van der Waals surface area contributed by atoms with Gasteiger partial charge in [-0.05, 0) is 44.0 Å². The molecule has 1 aliphatic heterocycles. The van der Waals surface area contributed by atoms with Gasteiger partial charge < -0.3 is 9.80 Å². The van der Waals surface area contributed by atoms with Crippen LogP contribution in [0.4, 0.5) is 0 Å². The minimum absolute atomic E-state index is 0.230. The Balaban J connectivity index is 1.58. The van der Waals surface area contributed by atoms with Crippen LogP contribution in [0.5, 0.6) is 0 Å². The standard InChI is InChI=1S/C18H22N2OS2/c1-3-19-6-8-20(9-7-19)18(21)16-11-13-4-5-15-14(17(13)23-16)10-12(2)22-15/h10-11H,3-9H2,1-2H3. The van der Waals surface area contributed by atoms with Crippen LogP contribution < -0.4 is 0 Å². The molecule has 0 aromatic carbocycles. The molecule has 4 rings (SSSR count). The molecule has 0 radical (unpaired) electrons. The molecule has 0 N–H and O–H groups in total. The van der Waals surface area contributed by atoms with Crippen LogP contribution in [0.2, 0.25) is 0 Å². The Labute approximate surface area is 145 Å². The summed E-state index contributed by atoms with van der Waals surface area (Å²) in [4.78, 5) is 22.4. The fourth-order valence-corrected chi connectivity index (χ4v) is 5.89. The van der Waals surface area contributed by atoms with Crippen molar-refractivity contribution in [2.24, 2.45) is 0 Å². The number of aryl methyl sites for hydroxylation is 3. The minimum Gasteiger partial charge on any atom is -0.335 e. The fraction of sp³-hybridized carbons (Fsp3) is 0.500. The second-order valence-corrected chi connectivity index (χ2v) is 8.78. The van der Waals surface area contributed by atoms with Crippen molar-refractivity contribution >= 4 is 28.6 Å². The Hall–Kier alpha value is -1.17. The molecule has 0 saturated carbocycles. The maximum Gasteiger partial charge on any atom is 0.264 e. The largest absolute Gasteiger partial charge is 0.335 e. The van der Waals surface area contributed by atoms with Crippen LogP contribution in [-0.2, 0) is 12.8 Å². The fourth-order valence-electron chi connectivity index (χ4n) is 3.56. The monoisotopic (exact) mass is 346 g/mol. The van der Waals surface area contributed by atoms with Gasteiger partial charge in [-0.2, -0.15) is 0 Å². The Morgan fingerprint density at radius 1 is 1.13 bits per heavy atom. The van der Waals surface area contributed by atoms with Crippen LogP contribution in [-0.4, -0.2) is 48.4 Å². The zero-order chi connectivity index (χ0) is 16.0. The Kier molecular flexibility index (Phi) is 4.03. The van der Waals surface area contributed by atoms with Crippen molar-refractivity contribution in [2.45, 2.75) is 26.7 Å². The summed E-state index contributed by atoms with van der Waals surface area (Å²) in [6, 6.07) is 4.45. The van der Waals surface area contributed by atoms with Gasteiger partial charge >= 0.3 is 0 Å². The lowest BCUT2D eigenvalue weighted by Gasteiger charge is -2.33. The van der Waals surface area contributed by atoms with E-state index in [4.69, 9.17) is 0 Å². The molecular weight excluding hydrogens is 324 g/mol. The Morgan fingerprint density at radius 3 is 2.65 bits per heavy atom. The molecule has 0 unspecified atom stereocenters. The molecule has 5 heteroatoms. The highest BCUT2D eigenvalue weighted by atomic mass is 32.1. The number of hydrogen-bond donors (Lipinski definition) is 0. The van der Waals surface area contributed by atoms with E-state index < -0.39 is 0 Å². The second-order valence-electron chi connectivity index (χ2n) is 6.39. The van der Waals surface area contributed by atoms with E-state index in [1.807, 2.05) is 16.2 Å². The summed E-state index contributed by atoms with van der Waals surface area (Å²) in [6.07, 6.45) is 2.20. The van der Waals surface area contributed by atoms with Crippen molar-refractivity contribution in [1.82, 2.24) is 9.80 Å². The highest BCUT2D eigenvalue weighted by molar-refractivity contribution is 7.18. The SMILES string of the molecule is CCN1CCN(C(=O)c2cc3c(s2)-c2cc(C)sc2CC3)CC1. The van der Waals surface area contributed by atoms with E-state index >= 15 is 0 Å². The number of likely N-dealkylation sites (N-methyl/N-ethyl adjacent to an activating group) is 1. The molecule has 0 atom stereocenters. The van der Waals surface area contributed by atoms with Crippen LogP contribution in [0.15, 0.2) is 12.1 Å². The van der Waals surface area contributed by atoms with Gasteiger partial charge in [0.05, 0.1) is 4.88 Å². The quantitative estimate of drug-likeness (QED) is 0.828. The number of hydrogen-bond acceptors (Lipinski definition) is 4. The third kappa shape index (κ3) is 2.75. The molecule has 1 saturated heterocycles. The first kappa shape index (κ1) is 15.4. The maximum atomic E-state index is 12.9. The lowest BCUT2D eigenvalue weighted by atomic mass is 9.98. The maximum absolute atomic E-state index is 12.9. The van der Waals surface area contributed by atoms with Gasteiger partial charge in [-0.3, -0.25) is 4.79 Å². The molecule has 1 fully saturated rings. The first-order valence-corrected chi connectivity index (χ1v) is 10.0. The number of fused-ring (bicyclic) bond motifs is 3. The summed E-state index contributed by atoms with van der Waals surface area (Å²) in [6.45, 7) is 9.16. The topological polar surface area (TPSA) is 23.6 Å². The van der Waals surface area contributed by atoms with Crippen LogP contribution in [0.3, 0.4) is 0 Å². The summed E-state index contributed by atoms with van der Waals surface area (Å²) in [5.74, 6) is 0.230. The predicted molar refractivity (Wildman–Crippen MR) is 97.8 cm³/mol. The number of amides is 1. The number of thiophene rings is 2. The third-order valence-electron chi connectivity index (χ3n) is 4.92. The van der Waals surface area contributed by atoms with Gasteiger partial charge in [-0.1, -0.05) is 6.92 Å². The number of piperazine rings is 1. The van der Waals surface area contributed by atoms with Crippen LogP contribution in [0, 0.1) is 6.92 Å². The van der Waals surface area contributed by atoms with E-state index in [1.165, 1.54) is 25.8 Å². The molecule has 0 spiro atoms. The molecule has 1 amide bonds. The molecule has 2 aromatic rings. The van der Waals surface area contributed by atoms with Crippen molar-refractivity contribution in [1.29, 1.82) is 0 Å². The van der Waals surface area contributed by atoms with Crippen LogP contribution in [0.1, 0.15) is 31.9 Å². The van der Waals surface area contributed by atoms with E-state index in [-0.39, 0.29) is 5.91 Å². The summed E-state index contributed by atoms with van der Waals surface area (Å²) in [5, 5.41) is 0. The molecule has 122 valence electrons. The molecule has 0 bridgehead atoms. The van der Waals surface area contributed by atoms with Crippen molar-refractivity contribution < 1.29 is 4.79 Å². The Bertz CT molecular complexity index is 738. The molecule has 3 nitrogen and oxygen atoms in total. The van der Waals surface area contributed by atoms with E-state index in [2.05, 4.69) is 30.9 Å². The first-order valence-electron chi connectivity index (χ1n) is 8.39. The number of rotatable bonds is 2. The van der Waals surface area contributed by atoms with E-state index in [9.17, 15) is 4.79 Å². The summed E-state index contributed by atoms with van der Waals surface area (Å²) >= 11 is 3.61. The second kappa shape index (κ2) is 6.04. The van der Waals surface area contributed by atoms with Crippen molar-refractivity contribution in [3.05, 3.63) is 32.3 Å². The summed E-state index contributed by atoms with van der Waals surface area (Å²) in [5.41, 5.74) is 2.75. The number of carbonyl (C=O) groups excluding carboxylic acids is 1. The van der Waals surface area contributed by atoms with Crippen LogP contribution in [0.25, 0.3) is 10.4 Å². The van der Waals surface area contributed by atoms with Gasteiger partial charge in [0, 0.05) is 46.4 Å². The number of carbonyl (C=O) groups is 1. The minimum atomic E-state index is 0.230. The molecule has 1 aliphatic carbocycles. The zero-order valence-corrected chi connectivity index (χ0v) is 15.4. The van der Waals surface area contributed by atoms with Gasteiger partial charge in [0.1, 0.15) is 0 Å². The predicted octanol–water partition coefficient (Wildman–Crippen LogP) is 3.66. The van der Waals surface area contributed by atoms with Crippen LogP contribution >= 0.6 is 22.7 Å². The third-order valence-corrected chi connectivity index (χ3v) is 7.23. The van der Waals surface area contributed by atoms with E-state index in [0.29, 0.717) is 0 Å². The molecule has 23 heavy (non-hydrogen) atoms. The lowest BCUT2D eigenvalue weighted by molar-refractivity contribution is 0.0648. The normalized spacial score (nSPS) is 17.9. The average Bonchev–Trinajstić information content (AvgIpc) is 3.16. The van der Waals surface area contributed by atoms with Gasteiger partial charge in [-0.15, -0.1) is 22.7 Å². The highest BCUT2D eigenvalue weighted by Gasteiger charge is 2.26. The van der Waals surface area contributed by atoms with Crippen molar-refractivity contribution in [2.75, 3.05) is 32.7 Å². The lowest BCUT2D eigenvalue weighted by Crippen LogP contribution is -2.48. The molecule has 2 aliphatic rings. The summed E-state index contributed by atoms with van der Waals surface area (Å²) < 4.78 is 0.